The van der Waals surface area contributed by atoms with Crippen molar-refractivity contribution in [2.45, 2.75) is 208 Å². The van der Waals surface area contributed by atoms with Crippen LogP contribution in [-0.2, 0) is 96.0 Å². The summed E-state index contributed by atoms with van der Waals surface area (Å²) in [5, 5.41) is 177. The van der Waals surface area contributed by atoms with Crippen LogP contribution in [-0.4, -0.2) is 341 Å². The Labute approximate surface area is 796 Å². The van der Waals surface area contributed by atoms with Gasteiger partial charge in [0.2, 0.25) is 41.4 Å². The van der Waals surface area contributed by atoms with E-state index in [4.69, 9.17) is 15.9 Å². The number of carboxylic acids is 5. The fourth-order valence-corrected chi connectivity index (χ4v) is 15.4. The summed E-state index contributed by atoms with van der Waals surface area (Å²) in [6, 6.07) is 4.66. The van der Waals surface area contributed by atoms with Crippen molar-refractivity contribution in [2.75, 3.05) is 62.0 Å². The number of esters is 1. The molecule has 15 atom stereocenters. The number of nitrogens with two attached hydrogens (primary N) is 1. The van der Waals surface area contributed by atoms with Crippen molar-refractivity contribution in [1.82, 2.24) is 77.1 Å². The normalized spacial score (nSPS) is 14.6. The maximum absolute atomic E-state index is 14.7. The molecule has 0 aliphatic carbocycles. The maximum atomic E-state index is 14.7. The number of Topliss-reactive ketones (excluding diaryl/α,β-unsaturated/α-hetero) is 4. The SMILES string of the molecule is Cc1nc2ncc(CCc3ccc(C(=O)C[C@@H](CCC(=O)NCC(=O)OCCSSC[C@H](NC(=O)CCC(=O)[C@H](CCC(=O)O)NC(=O)[C@H](CCC(=O)NC[C@H](O)[C@@H](O)[C@H](O)[C@H](O)CO)CC(=O)[C@H](CCC(=O)O)NC(=O)[C@H](CCC(=O)NC[C@H](O)[C@@H](O)[C@H](O)[C@H](O)CO)CC(=O)CC[C@@H](NC(=O)c4ccc(NCc5cnc6nc(N)[nH]c(=O)c6n5)cc4)C(=O)O)C(=O)O)C(=O)O)cc3)nc2c(=N)[nH]1. The number of carbonyl (C=O) groups is 17. The number of aliphatic hydroxyl groups excluding tert-OH is 10. The molecule has 6 rings (SSSR count). The summed E-state index contributed by atoms with van der Waals surface area (Å²) in [4.78, 5) is 268. The van der Waals surface area contributed by atoms with Gasteiger partial charge in [-0.25, -0.2) is 34.5 Å². The molecule has 0 spiro atoms. The molecule has 0 bridgehead atoms. The van der Waals surface area contributed by atoms with Crippen molar-refractivity contribution in [3.05, 3.63) is 111 Å². The lowest BCUT2D eigenvalue weighted by atomic mass is 9.89. The number of carbonyl (C=O) groups excluding carboxylic acids is 12. The van der Waals surface area contributed by atoms with Crippen LogP contribution in [0.2, 0.25) is 0 Å². The first-order chi connectivity index (χ1) is 65.8. The number of ketones is 4. The van der Waals surface area contributed by atoms with Crippen molar-refractivity contribution in [3.8, 4) is 0 Å². The minimum Gasteiger partial charge on any atom is -0.481 e. The number of carboxylic acid groups (broad SMARTS) is 5. The molecular formula is C85H112N18O34S2. The number of aliphatic carboxylic acids is 5. The van der Waals surface area contributed by atoms with Crippen molar-refractivity contribution < 1.29 is 163 Å². The number of benzene rings is 2. The number of aryl methyl sites for hydroxylation is 3. The van der Waals surface area contributed by atoms with Gasteiger partial charge in [-0.05, 0) is 88.1 Å². The summed E-state index contributed by atoms with van der Waals surface area (Å²) in [6.07, 6.45) is -25.4. The molecule has 6 aromatic rings. The Balaban J connectivity index is 1.07. The first-order valence-corrected chi connectivity index (χ1v) is 45.8. The van der Waals surface area contributed by atoms with Gasteiger partial charge in [-0.2, -0.15) is 4.98 Å². The van der Waals surface area contributed by atoms with Crippen molar-refractivity contribution >= 4 is 156 Å². The lowest BCUT2D eigenvalue weighted by Crippen LogP contribution is -2.50. The van der Waals surface area contributed by atoms with E-state index in [1.165, 1.54) is 30.5 Å². The fraction of sp³-hybridized carbons (Fsp3) is 0.518. The molecule has 0 aliphatic heterocycles. The van der Waals surface area contributed by atoms with E-state index in [9.17, 15) is 163 Å². The van der Waals surface area contributed by atoms with Gasteiger partial charge < -0.3 is 135 Å². The van der Waals surface area contributed by atoms with Crippen LogP contribution in [0.3, 0.4) is 0 Å². The number of H-pyrrole nitrogens is 2. The second-order valence-corrected chi connectivity index (χ2v) is 34.7. The number of aliphatic hydroxyl groups is 10. The van der Waals surface area contributed by atoms with E-state index < -0.39 is 326 Å². The number of nitrogens with one attached hydrogen (secondary N) is 11. The number of nitrogens with zero attached hydrogens (tertiary/aromatic N) is 6. The number of aromatic nitrogens is 8. The molecule has 54 heteroatoms. The average Bonchev–Trinajstić information content (AvgIpc) is 0.811. The fourth-order valence-electron chi connectivity index (χ4n) is 13.4. The molecule has 52 nitrogen and oxygen atoms in total. The topological polar surface area (TPSA) is 875 Å². The summed E-state index contributed by atoms with van der Waals surface area (Å²) in [5.41, 5.74) is 7.84. The number of fused-ring (bicyclic) bond motifs is 2. The van der Waals surface area contributed by atoms with Gasteiger partial charge in [0.15, 0.2) is 39.6 Å². The van der Waals surface area contributed by atoms with Crippen LogP contribution in [0.4, 0.5) is 11.6 Å². The van der Waals surface area contributed by atoms with Crippen LogP contribution in [0.15, 0.2) is 65.7 Å². The van der Waals surface area contributed by atoms with E-state index in [-0.39, 0.29) is 71.2 Å². The van der Waals surface area contributed by atoms with Crippen LogP contribution in [0.25, 0.3) is 22.3 Å². The number of amides is 7. The summed E-state index contributed by atoms with van der Waals surface area (Å²) in [7, 11) is 1.86. The van der Waals surface area contributed by atoms with Gasteiger partial charge >= 0.3 is 35.8 Å². The molecule has 28 N–H and O–H groups in total. The van der Waals surface area contributed by atoms with E-state index in [1.54, 1.807) is 37.4 Å². The number of anilines is 2. The van der Waals surface area contributed by atoms with Gasteiger partial charge in [0.25, 0.3) is 11.5 Å². The zero-order valence-corrected chi connectivity index (χ0v) is 76.4. The van der Waals surface area contributed by atoms with Crippen molar-refractivity contribution in [1.29, 1.82) is 5.41 Å². The Morgan fingerprint density at radius 3 is 1.55 bits per heavy atom. The Morgan fingerprint density at radius 2 is 0.993 bits per heavy atom. The van der Waals surface area contributed by atoms with Crippen molar-refractivity contribution in [3.63, 3.8) is 0 Å². The Kier molecular flexibility index (Phi) is 47.4. The highest BCUT2D eigenvalue weighted by atomic mass is 33.1. The molecule has 7 amide bonds. The lowest BCUT2D eigenvalue weighted by Gasteiger charge is -2.26. The van der Waals surface area contributed by atoms with E-state index in [1.807, 2.05) is 0 Å². The molecular weight excluding hydrogens is 1880 g/mol. The molecule has 4 aromatic heterocycles. The van der Waals surface area contributed by atoms with E-state index in [0.717, 1.165) is 27.2 Å². The molecule has 0 saturated carbocycles. The van der Waals surface area contributed by atoms with Gasteiger partial charge in [0, 0.05) is 124 Å². The molecule has 139 heavy (non-hydrogen) atoms. The van der Waals surface area contributed by atoms with Crippen LogP contribution >= 0.6 is 21.6 Å². The van der Waals surface area contributed by atoms with Crippen LogP contribution in [0.5, 0.6) is 0 Å². The molecule has 2 aromatic carbocycles. The molecule has 0 radical (unpaired) electrons. The minimum atomic E-state index is -2.20. The zero-order chi connectivity index (χ0) is 103. The minimum absolute atomic E-state index is 0.00850. The summed E-state index contributed by atoms with van der Waals surface area (Å²) in [6.45, 7) is -3.10. The standard InChI is InChI=1S/C85H112N18O34S2/c1-40-94-75(86)69-76(95-40)92-31-48(96-69)12-4-41-2-5-42(6-3-41)56(108)30-46(82(131)132)11-22-64(116)91-36-68(122)137-26-27-138-139-39-54(84(135)136)98-65(117)23-19-55(107)51(17-24-66(118)119)99-80(129)45(10-21-63(115)90-35-59(111)72(124)74(126)61(113)38-105)29-57(109)52(18-25-67(120)121)100-79(128)44(9-20-62(114)89-34-58(110)71(123)73(125)60(112)37-104)28-50(106)15-16-53(83(133)134)101-78(127)43-7-13-47(14-8-43)88-32-49-33-93-77-70(97-49)81(130)103-85(87)102-77/h2-3,5-8,13-14,31,33,44-46,51-54,58-61,71-74,88,104-105,110-113,123-126H,4,9-12,15-30,32,34-39H2,1H3,(H,89,114)(H,90,115)(H,91,116)(H,98,117)(H,99,129)(H,100,128)(H,101,127)(H,118,119)(H,120,121)(H,131,132)(H,133,134)(H,135,136)(H2,86,92,94,95)(H3,87,93,102,103,130)/t44-,45-,46-,51+,52+,53-,54+,58+,59+,60-,61-,71-,72-,73-,74-/m1/s1. The predicted molar refractivity (Wildman–Crippen MR) is 483 cm³/mol. The highest BCUT2D eigenvalue weighted by Crippen LogP contribution is 2.26. The Hall–Kier alpha value is -13.4. The summed E-state index contributed by atoms with van der Waals surface area (Å²) in [5.74, 6) is -24.7. The van der Waals surface area contributed by atoms with E-state index in [2.05, 4.69) is 82.4 Å². The van der Waals surface area contributed by atoms with Gasteiger partial charge in [-0.1, -0.05) is 45.9 Å². The van der Waals surface area contributed by atoms with Gasteiger partial charge in [0.05, 0.1) is 73.7 Å². The molecule has 758 valence electrons. The largest absolute Gasteiger partial charge is 0.481 e. The monoisotopic (exact) mass is 1990 g/mol. The van der Waals surface area contributed by atoms with Crippen LogP contribution in [0, 0.1) is 30.1 Å². The first kappa shape index (κ1) is 114. The second kappa shape index (κ2) is 57.7. The number of hydrogen-bond acceptors (Lipinski definition) is 40. The summed E-state index contributed by atoms with van der Waals surface area (Å²) >= 11 is 0. The van der Waals surface area contributed by atoms with E-state index >= 15 is 0 Å². The number of rotatable bonds is 66. The quantitative estimate of drug-likeness (QED) is 0.00732. The third kappa shape index (κ3) is 39.5. The highest BCUT2D eigenvalue weighted by Gasteiger charge is 2.37. The smallest absolute Gasteiger partial charge is 0.327 e. The summed E-state index contributed by atoms with van der Waals surface area (Å²) < 4.78 is 5.12. The predicted octanol–water partition coefficient (Wildman–Crippen LogP) is -5.66. The zero-order valence-electron chi connectivity index (χ0n) is 74.8. The molecule has 4 heterocycles. The Bertz CT molecular complexity index is 5430. The average molecular weight is 1990 g/mol. The molecule has 0 unspecified atom stereocenters. The molecule has 0 aliphatic rings. The van der Waals surface area contributed by atoms with Gasteiger partial charge in [0.1, 0.15) is 79.0 Å². The lowest BCUT2D eigenvalue weighted by molar-refractivity contribution is -0.144. The number of aromatic amines is 2. The number of nitrogen functional groups attached to an aromatic ring is 1. The maximum Gasteiger partial charge on any atom is 0.327 e. The highest BCUT2D eigenvalue weighted by molar-refractivity contribution is 8.76. The third-order valence-electron chi connectivity index (χ3n) is 21.4. The second-order valence-electron chi connectivity index (χ2n) is 32.1. The van der Waals surface area contributed by atoms with Crippen molar-refractivity contribution in [2.24, 2.45) is 17.8 Å². The third-order valence-corrected chi connectivity index (χ3v) is 23.7. The van der Waals surface area contributed by atoms with Gasteiger partial charge in [-0.3, -0.25) is 87.1 Å². The van der Waals surface area contributed by atoms with Crippen LogP contribution in [0.1, 0.15) is 153 Å². The number of hydrogen-bond donors (Lipinski definition) is 27. The molecule has 0 fully saturated rings. The molecule has 0 saturated heterocycles. The van der Waals surface area contributed by atoms with Crippen LogP contribution < -0.4 is 59.3 Å². The Morgan fingerprint density at radius 1 is 0.482 bits per heavy atom. The van der Waals surface area contributed by atoms with Gasteiger partial charge in [-0.15, -0.1) is 0 Å². The first-order valence-electron chi connectivity index (χ1n) is 43.3. The van der Waals surface area contributed by atoms with E-state index in [0.29, 0.717) is 46.9 Å². The number of ether oxygens (including phenoxy) is 1.